The second kappa shape index (κ2) is 22.1. The van der Waals surface area contributed by atoms with Crippen LogP contribution >= 0.6 is 0 Å². The lowest BCUT2D eigenvalue weighted by Gasteiger charge is -2.26. The summed E-state index contributed by atoms with van der Waals surface area (Å²) in [7, 11) is 0. The second-order valence-corrected chi connectivity index (χ2v) is 13.5. The number of amides is 1. The number of aromatic hydroxyl groups is 1. The molecule has 0 saturated heterocycles. The number of phenols is 1. The van der Waals surface area contributed by atoms with Crippen molar-refractivity contribution in [3.63, 3.8) is 0 Å². The summed E-state index contributed by atoms with van der Waals surface area (Å²) in [5, 5.41) is 15.1. The van der Waals surface area contributed by atoms with Crippen molar-refractivity contribution < 1.29 is 9.90 Å². The van der Waals surface area contributed by atoms with Crippen molar-refractivity contribution >= 4 is 5.91 Å². The van der Waals surface area contributed by atoms with Crippen molar-refractivity contribution in [2.75, 3.05) is 32.7 Å². The lowest BCUT2D eigenvalue weighted by molar-refractivity contribution is -0.121. The lowest BCUT2D eigenvalue weighted by atomic mass is 10.0. The van der Waals surface area contributed by atoms with E-state index in [0.717, 1.165) is 111 Å². The predicted molar refractivity (Wildman–Crippen MR) is 210 cm³/mol. The summed E-state index contributed by atoms with van der Waals surface area (Å²) >= 11 is 0. The largest absolute Gasteiger partial charge is 0.507 e. The average molecular weight is 715 g/mol. The third kappa shape index (κ3) is 14.1. The first-order valence-electron chi connectivity index (χ1n) is 18.9. The number of unbranched alkanes of at least 4 members (excludes halogenated alkanes) is 2. The van der Waals surface area contributed by atoms with E-state index in [0.29, 0.717) is 38.3 Å². The summed E-state index contributed by atoms with van der Waals surface area (Å²) in [4.78, 5) is 35.8. The van der Waals surface area contributed by atoms with Crippen molar-refractivity contribution in [3.8, 4) is 5.75 Å². The monoisotopic (exact) mass is 714 g/mol. The Morgan fingerprint density at radius 2 is 1.02 bits per heavy atom. The molecular weight excluding hydrogens is 661 g/mol. The Labute approximate surface area is 314 Å². The highest BCUT2D eigenvalue weighted by molar-refractivity contribution is 5.75. The van der Waals surface area contributed by atoms with Gasteiger partial charge in [-0.1, -0.05) is 30.7 Å². The molecule has 0 fully saturated rings. The number of hydrogen-bond donors (Lipinski definition) is 3. The molecule has 0 aliphatic rings. The fraction of sp³-hybridized carbons (Fsp3) is 0.372. The molecule has 0 radical (unpaired) electrons. The first-order chi connectivity index (χ1) is 26.1. The van der Waals surface area contributed by atoms with Crippen LogP contribution in [-0.4, -0.2) is 73.5 Å². The maximum absolute atomic E-state index is 12.8. The summed E-state index contributed by atoms with van der Waals surface area (Å²) in [6.07, 6.45) is 13.6. The van der Waals surface area contributed by atoms with E-state index < -0.39 is 0 Å². The number of phenolic OH excluding ortho intramolecular Hbond substituents is 1. The number of hydrogen-bond acceptors (Lipinski definition) is 9. The SMILES string of the molecule is NCCCCCC(=O)NCc1cc(CN(CCc2ccccn2)CCc2ccccn2)c(O)c(CN(CCc2ccccn2)CCc2ccccn2)c1. The van der Waals surface area contributed by atoms with E-state index in [1.807, 2.05) is 85.5 Å². The molecule has 10 nitrogen and oxygen atoms in total. The van der Waals surface area contributed by atoms with Crippen molar-refractivity contribution in [1.82, 2.24) is 35.1 Å². The molecule has 278 valence electrons. The number of nitrogens with one attached hydrogen (secondary N) is 1. The molecule has 4 heterocycles. The number of pyridine rings is 4. The maximum atomic E-state index is 12.8. The third-order valence-electron chi connectivity index (χ3n) is 9.35. The molecular formula is C43H54N8O2. The minimum atomic E-state index is 0.0258. The van der Waals surface area contributed by atoms with Crippen LogP contribution in [0.3, 0.4) is 0 Å². The first kappa shape index (κ1) is 39.2. The standard InChI is InChI=1S/C43H54N8O2/c44-21-7-1-2-16-42(52)49-32-35-30-36(33-50(26-17-38-12-3-8-22-45-38)27-18-39-13-4-9-23-46-39)43(53)37(31-35)34-51(28-19-40-14-5-10-24-47-40)29-20-41-15-6-11-25-48-41/h3-6,8-15,22-25,30-31,53H,1-2,7,16-21,26-29,32-34,44H2,(H,49,52). The highest BCUT2D eigenvalue weighted by atomic mass is 16.3. The molecule has 10 heteroatoms. The Balaban J connectivity index is 1.39. The summed E-state index contributed by atoms with van der Waals surface area (Å²) in [6.45, 7) is 5.18. The van der Waals surface area contributed by atoms with Crippen molar-refractivity contribution in [2.45, 2.75) is 71.0 Å². The van der Waals surface area contributed by atoms with Gasteiger partial charge < -0.3 is 16.2 Å². The Bertz CT molecular complexity index is 1560. The highest BCUT2D eigenvalue weighted by Crippen LogP contribution is 2.28. The van der Waals surface area contributed by atoms with Crippen LogP contribution in [0.4, 0.5) is 0 Å². The zero-order valence-electron chi connectivity index (χ0n) is 30.8. The van der Waals surface area contributed by atoms with E-state index in [1.165, 1.54) is 0 Å². The van der Waals surface area contributed by atoms with Gasteiger partial charge in [0.25, 0.3) is 0 Å². The lowest BCUT2D eigenvalue weighted by Crippen LogP contribution is -2.30. The van der Waals surface area contributed by atoms with Crippen LogP contribution < -0.4 is 11.1 Å². The fourth-order valence-corrected chi connectivity index (χ4v) is 6.37. The Morgan fingerprint density at radius 3 is 1.38 bits per heavy atom. The van der Waals surface area contributed by atoms with Crippen LogP contribution in [-0.2, 0) is 50.1 Å². The number of nitrogens with two attached hydrogens (primary N) is 1. The van der Waals surface area contributed by atoms with Crippen LogP contribution in [0.5, 0.6) is 5.75 Å². The normalized spacial score (nSPS) is 11.3. The van der Waals surface area contributed by atoms with Crippen molar-refractivity contribution in [3.05, 3.63) is 149 Å². The molecule has 1 aromatic carbocycles. The second-order valence-electron chi connectivity index (χ2n) is 13.5. The average Bonchev–Trinajstić information content (AvgIpc) is 3.20. The van der Waals surface area contributed by atoms with Crippen LogP contribution in [0.15, 0.2) is 110 Å². The summed E-state index contributed by atoms with van der Waals surface area (Å²) in [6, 6.07) is 28.1. The third-order valence-corrected chi connectivity index (χ3v) is 9.35. The van der Waals surface area contributed by atoms with Gasteiger partial charge in [0.15, 0.2) is 0 Å². The Hall–Kier alpha value is -5.03. The van der Waals surface area contributed by atoms with Gasteiger partial charge in [-0.3, -0.25) is 34.5 Å². The Morgan fingerprint density at radius 1 is 0.604 bits per heavy atom. The number of carbonyl (C=O) groups excluding carboxylic acids is 1. The van der Waals surface area contributed by atoms with Gasteiger partial charge in [-0.05, 0) is 85.6 Å². The van der Waals surface area contributed by atoms with E-state index in [1.54, 1.807) is 0 Å². The molecule has 0 bridgehead atoms. The van der Waals surface area contributed by atoms with Crippen LogP contribution in [0.1, 0.15) is 65.1 Å². The van der Waals surface area contributed by atoms with Crippen molar-refractivity contribution in [2.24, 2.45) is 5.73 Å². The van der Waals surface area contributed by atoms with Gasteiger partial charge in [-0.25, -0.2) is 0 Å². The van der Waals surface area contributed by atoms with Gasteiger partial charge >= 0.3 is 0 Å². The van der Waals surface area contributed by atoms with E-state index >= 15 is 0 Å². The van der Waals surface area contributed by atoms with Crippen LogP contribution in [0.2, 0.25) is 0 Å². The van der Waals surface area contributed by atoms with E-state index in [9.17, 15) is 9.90 Å². The first-order valence-corrected chi connectivity index (χ1v) is 18.9. The number of aromatic nitrogens is 4. The molecule has 0 saturated carbocycles. The molecule has 0 spiro atoms. The van der Waals surface area contributed by atoms with Crippen molar-refractivity contribution in [1.29, 1.82) is 0 Å². The van der Waals surface area contributed by atoms with Gasteiger partial charge in [0, 0.05) is 137 Å². The molecule has 0 aliphatic carbocycles. The molecule has 0 atom stereocenters. The van der Waals surface area contributed by atoms with Crippen LogP contribution in [0, 0.1) is 0 Å². The van der Waals surface area contributed by atoms with Gasteiger partial charge in [-0.2, -0.15) is 0 Å². The maximum Gasteiger partial charge on any atom is 0.220 e. The molecule has 5 rings (SSSR count). The number of benzene rings is 1. The van der Waals surface area contributed by atoms with Gasteiger partial charge in [-0.15, -0.1) is 0 Å². The number of nitrogens with zero attached hydrogens (tertiary/aromatic N) is 6. The minimum Gasteiger partial charge on any atom is -0.507 e. The Kier molecular flexibility index (Phi) is 16.4. The molecule has 53 heavy (non-hydrogen) atoms. The van der Waals surface area contributed by atoms with E-state index in [2.05, 4.69) is 59.3 Å². The highest BCUT2D eigenvalue weighted by Gasteiger charge is 2.18. The van der Waals surface area contributed by atoms with E-state index in [-0.39, 0.29) is 5.91 Å². The molecule has 5 aromatic rings. The summed E-state index contributed by atoms with van der Waals surface area (Å²) < 4.78 is 0. The molecule has 4 aromatic heterocycles. The topological polar surface area (TPSA) is 133 Å². The van der Waals surface area contributed by atoms with Crippen LogP contribution in [0.25, 0.3) is 0 Å². The molecule has 0 aliphatic heterocycles. The molecule has 1 amide bonds. The fourth-order valence-electron chi connectivity index (χ4n) is 6.37. The molecule has 0 unspecified atom stereocenters. The number of carbonyl (C=O) groups is 1. The van der Waals surface area contributed by atoms with Gasteiger partial charge in [0.2, 0.25) is 5.91 Å². The predicted octanol–water partition coefficient (Wildman–Crippen LogP) is 5.68. The summed E-state index contributed by atoms with van der Waals surface area (Å²) in [5.74, 6) is 0.320. The zero-order valence-corrected chi connectivity index (χ0v) is 30.8. The summed E-state index contributed by atoms with van der Waals surface area (Å²) in [5.41, 5.74) is 12.4. The smallest absolute Gasteiger partial charge is 0.220 e. The van der Waals surface area contributed by atoms with Gasteiger partial charge in [0.05, 0.1) is 0 Å². The number of rotatable bonds is 23. The molecule has 4 N–H and O–H groups in total. The van der Waals surface area contributed by atoms with E-state index in [4.69, 9.17) is 5.73 Å². The quantitative estimate of drug-likeness (QED) is 0.0731. The minimum absolute atomic E-state index is 0.0258. The zero-order chi connectivity index (χ0) is 36.9. The van der Waals surface area contributed by atoms with Gasteiger partial charge in [0.1, 0.15) is 5.75 Å².